The van der Waals surface area contributed by atoms with Crippen molar-refractivity contribution in [2.24, 2.45) is 0 Å². The van der Waals surface area contributed by atoms with Crippen LogP contribution in [0.3, 0.4) is 0 Å². The summed E-state index contributed by atoms with van der Waals surface area (Å²) in [5, 5.41) is 5.21. The van der Waals surface area contributed by atoms with E-state index >= 15 is 0 Å². The van der Waals surface area contributed by atoms with E-state index in [0.29, 0.717) is 6.54 Å². The number of carbonyl (C=O) groups is 2. The standard InChI is InChI=1S/C16H23FN4O2/c1-20-7-2-8-21(10-9-20)15(22)12-19-16(23)18-11-13-3-5-14(17)6-4-13/h3-6H,2,7-12H2,1H3,(H2,18,19,23). The summed E-state index contributed by atoms with van der Waals surface area (Å²) in [6.07, 6.45) is 0.943. The number of nitrogens with zero attached hydrogens (tertiary/aromatic N) is 2. The molecule has 6 nitrogen and oxygen atoms in total. The van der Waals surface area contributed by atoms with Crippen LogP contribution in [0.4, 0.5) is 9.18 Å². The molecule has 0 bridgehead atoms. The van der Waals surface area contributed by atoms with Crippen LogP contribution < -0.4 is 10.6 Å². The van der Waals surface area contributed by atoms with Crippen molar-refractivity contribution in [2.45, 2.75) is 13.0 Å². The van der Waals surface area contributed by atoms with Crippen LogP contribution in [0.15, 0.2) is 24.3 Å². The van der Waals surface area contributed by atoms with E-state index in [2.05, 4.69) is 15.5 Å². The fourth-order valence-electron chi connectivity index (χ4n) is 2.41. The quantitative estimate of drug-likeness (QED) is 0.861. The Bertz CT molecular complexity index is 535. The van der Waals surface area contributed by atoms with Crippen molar-refractivity contribution in [3.8, 4) is 0 Å². The molecule has 1 aliphatic heterocycles. The second-order valence-electron chi connectivity index (χ2n) is 5.70. The lowest BCUT2D eigenvalue weighted by Crippen LogP contribution is -2.44. The van der Waals surface area contributed by atoms with Gasteiger partial charge in [0.1, 0.15) is 5.82 Å². The predicted octanol–water partition coefficient (Wildman–Crippen LogP) is 0.789. The van der Waals surface area contributed by atoms with Crippen molar-refractivity contribution in [1.82, 2.24) is 20.4 Å². The topological polar surface area (TPSA) is 64.7 Å². The summed E-state index contributed by atoms with van der Waals surface area (Å²) in [6.45, 7) is 3.52. The maximum atomic E-state index is 12.8. The van der Waals surface area contributed by atoms with Crippen LogP contribution in [0.25, 0.3) is 0 Å². The van der Waals surface area contributed by atoms with E-state index in [1.807, 2.05) is 7.05 Å². The molecule has 1 aliphatic rings. The number of hydrogen-bond donors (Lipinski definition) is 2. The van der Waals surface area contributed by atoms with Gasteiger partial charge in [0, 0.05) is 26.2 Å². The van der Waals surface area contributed by atoms with Gasteiger partial charge in [0.05, 0.1) is 6.54 Å². The summed E-state index contributed by atoms with van der Waals surface area (Å²) in [6, 6.07) is 5.49. The summed E-state index contributed by atoms with van der Waals surface area (Å²) >= 11 is 0. The van der Waals surface area contributed by atoms with E-state index in [0.717, 1.165) is 31.6 Å². The fraction of sp³-hybridized carbons (Fsp3) is 0.500. The molecule has 1 aromatic carbocycles. The highest BCUT2D eigenvalue weighted by Crippen LogP contribution is 2.02. The zero-order valence-corrected chi connectivity index (χ0v) is 13.3. The van der Waals surface area contributed by atoms with E-state index in [9.17, 15) is 14.0 Å². The van der Waals surface area contributed by atoms with Gasteiger partial charge >= 0.3 is 6.03 Å². The largest absolute Gasteiger partial charge is 0.340 e. The first-order valence-corrected chi connectivity index (χ1v) is 7.77. The van der Waals surface area contributed by atoms with Crippen LogP contribution in [-0.4, -0.2) is 61.5 Å². The number of nitrogens with one attached hydrogen (secondary N) is 2. The first-order chi connectivity index (χ1) is 11.0. The summed E-state index contributed by atoms with van der Waals surface area (Å²) in [7, 11) is 2.04. The highest BCUT2D eigenvalue weighted by molar-refractivity contribution is 5.84. The summed E-state index contributed by atoms with van der Waals surface area (Å²) in [4.78, 5) is 27.8. The molecule has 126 valence electrons. The second-order valence-corrected chi connectivity index (χ2v) is 5.70. The zero-order valence-electron chi connectivity index (χ0n) is 13.3. The van der Waals surface area contributed by atoms with Crippen LogP contribution in [0.1, 0.15) is 12.0 Å². The van der Waals surface area contributed by atoms with Gasteiger partial charge in [-0.05, 0) is 37.7 Å². The molecule has 2 rings (SSSR count). The fourth-order valence-corrected chi connectivity index (χ4v) is 2.41. The Labute approximate surface area is 135 Å². The van der Waals surface area contributed by atoms with Crippen molar-refractivity contribution in [1.29, 1.82) is 0 Å². The summed E-state index contributed by atoms with van der Waals surface area (Å²) < 4.78 is 12.8. The van der Waals surface area contributed by atoms with Gasteiger partial charge in [-0.15, -0.1) is 0 Å². The minimum Gasteiger partial charge on any atom is -0.340 e. The Balaban J connectivity index is 1.69. The molecule has 0 atom stereocenters. The van der Waals surface area contributed by atoms with Gasteiger partial charge in [-0.3, -0.25) is 4.79 Å². The third-order valence-electron chi connectivity index (χ3n) is 3.84. The van der Waals surface area contributed by atoms with Crippen molar-refractivity contribution in [2.75, 3.05) is 39.8 Å². The third kappa shape index (κ3) is 5.86. The van der Waals surface area contributed by atoms with E-state index < -0.39 is 6.03 Å². The molecular formula is C16H23FN4O2. The van der Waals surface area contributed by atoms with E-state index in [-0.39, 0.29) is 24.8 Å². The van der Waals surface area contributed by atoms with Crippen molar-refractivity contribution in [3.63, 3.8) is 0 Å². The number of hydrogen-bond acceptors (Lipinski definition) is 3. The van der Waals surface area contributed by atoms with Gasteiger partial charge in [0.15, 0.2) is 0 Å². The van der Waals surface area contributed by atoms with Crippen LogP contribution in [0, 0.1) is 5.82 Å². The molecule has 0 unspecified atom stereocenters. The van der Waals surface area contributed by atoms with E-state index in [4.69, 9.17) is 0 Å². The number of likely N-dealkylation sites (N-methyl/N-ethyl adjacent to an activating group) is 1. The number of benzene rings is 1. The molecule has 0 saturated carbocycles. The molecular weight excluding hydrogens is 299 g/mol. The molecule has 1 heterocycles. The smallest absolute Gasteiger partial charge is 0.315 e. The maximum absolute atomic E-state index is 12.8. The van der Waals surface area contributed by atoms with Gasteiger partial charge in [0.25, 0.3) is 0 Å². The second kappa shape index (κ2) is 8.47. The van der Waals surface area contributed by atoms with Gasteiger partial charge in [0.2, 0.25) is 5.91 Å². The Morgan fingerprint density at radius 2 is 1.83 bits per heavy atom. The van der Waals surface area contributed by atoms with Crippen LogP contribution in [0.2, 0.25) is 0 Å². The SMILES string of the molecule is CN1CCCN(C(=O)CNC(=O)NCc2ccc(F)cc2)CC1. The minimum atomic E-state index is -0.408. The highest BCUT2D eigenvalue weighted by Gasteiger charge is 2.17. The number of rotatable bonds is 4. The Hall–Kier alpha value is -2.15. The molecule has 2 N–H and O–H groups in total. The van der Waals surface area contributed by atoms with Crippen molar-refractivity contribution in [3.05, 3.63) is 35.6 Å². The first-order valence-electron chi connectivity index (χ1n) is 7.77. The number of carbonyl (C=O) groups excluding carboxylic acids is 2. The number of urea groups is 1. The molecule has 3 amide bonds. The zero-order chi connectivity index (χ0) is 16.7. The normalized spacial score (nSPS) is 15.8. The third-order valence-corrected chi connectivity index (χ3v) is 3.84. The molecule has 0 spiro atoms. The molecule has 1 fully saturated rings. The monoisotopic (exact) mass is 322 g/mol. The molecule has 23 heavy (non-hydrogen) atoms. The van der Waals surface area contributed by atoms with Crippen LogP contribution in [0.5, 0.6) is 0 Å². The molecule has 1 saturated heterocycles. The minimum absolute atomic E-state index is 0.0149. The molecule has 7 heteroatoms. The Morgan fingerprint density at radius 3 is 2.57 bits per heavy atom. The molecule has 0 aromatic heterocycles. The average molecular weight is 322 g/mol. The molecule has 0 radical (unpaired) electrons. The first kappa shape index (κ1) is 17.2. The summed E-state index contributed by atoms with van der Waals surface area (Å²) in [5.74, 6) is -0.385. The van der Waals surface area contributed by atoms with Crippen LogP contribution in [-0.2, 0) is 11.3 Å². The van der Waals surface area contributed by atoms with E-state index in [1.54, 1.807) is 17.0 Å². The average Bonchev–Trinajstić information content (AvgIpc) is 2.77. The Morgan fingerprint density at radius 1 is 1.09 bits per heavy atom. The van der Waals surface area contributed by atoms with Gasteiger partial charge in [-0.1, -0.05) is 12.1 Å². The van der Waals surface area contributed by atoms with Gasteiger partial charge in [-0.25, -0.2) is 9.18 Å². The van der Waals surface area contributed by atoms with Crippen molar-refractivity contribution < 1.29 is 14.0 Å². The highest BCUT2D eigenvalue weighted by atomic mass is 19.1. The molecule has 0 aliphatic carbocycles. The lowest BCUT2D eigenvalue weighted by atomic mass is 10.2. The van der Waals surface area contributed by atoms with Crippen LogP contribution >= 0.6 is 0 Å². The van der Waals surface area contributed by atoms with Crippen molar-refractivity contribution >= 4 is 11.9 Å². The Kier molecular flexibility index (Phi) is 6.34. The predicted molar refractivity (Wildman–Crippen MR) is 85.3 cm³/mol. The number of halogens is 1. The van der Waals surface area contributed by atoms with E-state index in [1.165, 1.54) is 12.1 Å². The maximum Gasteiger partial charge on any atom is 0.315 e. The summed E-state index contributed by atoms with van der Waals surface area (Å²) in [5.41, 5.74) is 0.795. The number of amides is 3. The lowest BCUT2D eigenvalue weighted by molar-refractivity contribution is -0.129. The molecule has 1 aromatic rings. The van der Waals surface area contributed by atoms with Gasteiger partial charge in [-0.2, -0.15) is 0 Å². The van der Waals surface area contributed by atoms with Gasteiger partial charge < -0.3 is 20.4 Å². The lowest BCUT2D eigenvalue weighted by Gasteiger charge is -2.20.